The Morgan fingerprint density at radius 2 is 2.31 bits per heavy atom. The van der Waals surface area contributed by atoms with Gasteiger partial charge in [-0.1, -0.05) is 0 Å². The lowest BCUT2D eigenvalue weighted by molar-refractivity contribution is -0.136. The molecular formula is C10H19ClN2O3. The van der Waals surface area contributed by atoms with Crippen molar-refractivity contribution >= 4 is 18.3 Å². The van der Waals surface area contributed by atoms with Crippen molar-refractivity contribution in [2.24, 2.45) is 0 Å². The van der Waals surface area contributed by atoms with Gasteiger partial charge in [0.1, 0.15) is 6.10 Å². The van der Waals surface area contributed by atoms with E-state index in [4.69, 9.17) is 9.47 Å². The molecule has 0 bridgehead atoms. The van der Waals surface area contributed by atoms with Crippen LogP contribution in [0.25, 0.3) is 0 Å². The molecule has 2 atom stereocenters. The quantitative estimate of drug-likeness (QED) is 0.706. The smallest absolute Gasteiger partial charge is 0.250 e. The van der Waals surface area contributed by atoms with Crippen LogP contribution in [0.3, 0.4) is 0 Å². The number of morpholine rings is 1. The van der Waals surface area contributed by atoms with Crippen molar-refractivity contribution in [2.45, 2.75) is 25.0 Å². The summed E-state index contributed by atoms with van der Waals surface area (Å²) in [6.45, 7) is 5.35. The predicted molar refractivity (Wildman–Crippen MR) is 61.8 cm³/mol. The fourth-order valence-corrected chi connectivity index (χ4v) is 1.88. The molecule has 0 aliphatic carbocycles. The van der Waals surface area contributed by atoms with Crippen molar-refractivity contribution in [3.63, 3.8) is 0 Å². The highest BCUT2D eigenvalue weighted by molar-refractivity contribution is 5.85. The van der Waals surface area contributed by atoms with Crippen molar-refractivity contribution in [3.05, 3.63) is 0 Å². The highest BCUT2D eigenvalue weighted by atomic mass is 35.5. The van der Waals surface area contributed by atoms with Crippen LogP contribution in [0, 0.1) is 0 Å². The molecule has 1 unspecified atom stereocenters. The number of hydrogen-bond donors (Lipinski definition) is 2. The fourth-order valence-electron chi connectivity index (χ4n) is 1.88. The first-order valence-corrected chi connectivity index (χ1v) is 5.42. The van der Waals surface area contributed by atoms with E-state index in [0.29, 0.717) is 19.8 Å². The average molecular weight is 251 g/mol. The van der Waals surface area contributed by atoms with E-state index in [2.05, 4.69) is 10.6 Å². The van der Waals surface area contributed by atoms with Crippen LogP contribution >= 0.6 is 12.4 Å². The number of ether oxygens (including phenoxy) is 2. The molecular weight excluding hydrogens is 232 g/mol. The van der Waals surface area contributed by atoms with E-state index in [-0.39, 0.29) is 30.0 Å². The van der Waals surface area contributed by atoms with Gasteiger partial charge in [-0.15, -0.1) is 12.4 Å². The van der Waals surface area contributed by atoms with Gasteiger partial charge in [0.2, 0.25) is 0 Å². The number of rotatable bonds is 2. The van der Waals surface area contributed by atoms with Crippen LogP contribution in [-0.4, -0.2) is 50.5 Å². The lowest BCUT2D eigenvalue weighted by Gasteiger charge is -2.28. The molecule has 2 fully saturated rings. The zero-order valence-corrected chi connectivity index (χ0v) is 10.3. The van der Waals surface area contributed by atoms with E-state index < -0.39 is 0 Å². The Balaban J connectivity index is 0.00000128. The molecule has 5 nitrogen and oxygen atoms in total. The first-order valence-electron chi connectivity index (χ1n) is 5.42. The van der Waals surface area contributed by atoms with Crippen LogP contribution in [0.15, 0.2) is 0 Å². The van der Waals surface area contributed by atoms with Gasteiger partial charge in [-0.05, 0) is 13.3 Å². The van der Waals surface area contributed by atoms with Gasteiger partial charge in [0, 0.05) is 19.7 Å². The maximum Gasteiger partial charge on any atom is 0.250 e. The number of carbonyl (C=O) groups is 1. The Morgan fingerprint density at radius 3 is 2.88 bits per heavy atom. The summed E-state index contributed by atoms with van der Waals surface area (Å²) in [5.74, 6) is -0.0322. The summed E-state index contributed by atoms with van der Waals surface area (Å²) in [7, 11) is 0. The van der Waals surface area contributed by atoms with E-state index >= 15 is 0 Å². The van der Waals surface area contributed by atoms with Crippen molar-refractivity contribution in [1.29, 1.82) is 0 Å². The second-order valence-corrected chi connectivity index (χ2v) is 4.42. The second kappa shape index (κ2) is 5.82. The number of halogens is 1. The van der Waals surface area contributed by atoms with Crippen molar-refractivity contribution < 1.29 is 14.3 Å². The Labute approximate surface area is 102 Å². The van der Waals surface area contributed by atoms with Crippen molar-refractivity contribution in [1.82, 2.24) is 10.6 Å². The molecule has 0 saturated carbocycles. The Morgan fingerprint density at radius 1 is 1.50 bits per heavy atom. The maximum atomic E-state index is 11.8. The summed E-state index contributed by atoms with van der Waals surface area (Å²) in [6, 6.07) is 0. The summed E-state index contributed by atoms with van der Waals surface area (Å²) < 4.78 is 10.7. The van der Waals surface area contributed by atoms with Crippen LogP contribution in [-0.2, 0) is 14.3 Å². The number of hydrogen-bond acceptors (Lipinski definition) is 4. The standard InChI is InChI=1S/C10H18N2O3.ClH/c1-10(2-4-14-7-10)12-9(13)8-6-11-3-5-15-8;/h8,11H,2-7H2,1H3,(H,12,13);1H/t8-,10?;/m1./s1. The number of carbonyl (C=O) groups excluding carboxylic acids is 1. The largest absolute Gasteiger partial charge is 0.379 e. The molecule has 16 heavy (non-hydrogen) atoms. The maximum absolute atomic E-state index is 11.8. The fraction of sp³-hybridized carbons (Fsp3) is 0.900. The molecule has 94 valence electrons. The van der Waals surface area contributed by atoms with Gasteiger partial charge in [-0.2, -0.15) is 0 Å². The molecule has 0 aromatic rings. The van der Waals surface area contributed by atoms with Gasteiger partial charge in [0.25, 0.3) is 5.91 Å². The molecule has 0 spiro atoms. The van der Waals surface area contributed by atoms with Crippen LogP contribution in [0.1, 0.15) is 13.3 Å². The van der Waals surface area contributed by atoms with Crippen LogP contribution in [0.5, 0.6) is 0 Å². The molecule has 1 amide bonds. The zero-order chi connectivity index (χ0) is 10.7. The second-order valence-electron chi connectivity index (χ2n) is 4.42. The topological polar surface area (TPSA) is 59.6 Å². The van der Waals surface area contributed by atoms with E-state index in [1.807, 2.05) is 6.92 Å². The minimum absolute atomic E-state index is 0. The molecule has 2 saturated heterocycles. The normalized spacial score (nSPS) is 34.2. The lowest BCUT2D eigenvalue weighted by Crippen LogP contribution is -2.54. The molecule has 2 rings (SSSR count). The third-order valence-electron chi connectivity index (χ3n) is 2.86. The first kappa shape index (κ1) is 13.7. The van der Waals surface area contributed by atoms with Crippen LogP contribution < -0.4 is 10.6 Å². The summed E-state index contributed by atoms with van der Waals surface area (Å²) >= 11 is 0. The summed E-state index contributed by atoms with van der Waals surface area (Å²) in [5.41, 5.74) is -0.210. The van der Waals surface area contributed by atoms with Gasteiger partial charge in [-0.3, -0.25) is 4.79 Å². The molecule has 2 heterocycles. The van der Waals surface area contributed by atoms with E-state index in [1.54, 1.807) is 0 Å². The average Bonchev–Trinajstić information content (AvgIpc) is 2.66. The minimum atomic E-state index is -0.351. The summed E-state index contributed by atoms with van der Waals surface area (Å²) in [5, 5.41) is 6.13. The van der Waals surface area contributed by atoms with E-state index in [9.17, 15) is 4.79 Å². The number of amides is 1. The van der Waals surface area contributed by atoms with Gasteiger partial charge in [-0.25, -0.2) is 0 Å². The Kier molecular flexibility index (Phi) is 4.98. The third-order valence-corrected chi connectivity index (χ3v) is 2.86. The van der Waals surface area contributed by atoms with E-state index in [0.717, 1.165) is 19.6 Å². The summed E-state index contributed by atoms with van der Waals surface area (Å²) in [4.78, 5) is 11.8. The SMILES string of the molecule is CC1(NC(=O)[C@H]2CNCCO2)CCOC1.Cl. The van der Waals surface area contributed by atoms with Gasteiger partial charge in [0.15, 0.2) is 0 Å². The molecule has 0 aromatic carbocycles. The van der Waals surface area contributed by atoms with Gasteiger partial charge >= 0.3 is 0 Å². The monoisotopic (exact) mass is 250 g/mol. The highest BCUT2D eigenvalue weighted by Gasteiger charge is 2.34. The highest BCUT2D eigenvalue weighted by Crippen LogP contribution is 2.17. The van der Waals surface area contributed by atoms with Gasteiger partial charge in [0.05, 0.1) is 18.8 Å². The molecule has 2 aliphatic heterocycles. The number of nitrogens with one attached hydrogen (secondary N) is 2. The summed E-state index contributed by atoms with van der Waals surface area (Å²) in [6.07, 6.45) is 0.523. The minimum Gasteiger partial charge on any atom is -0.379 e. The van der Waals surface area contributed by atoms with Gasteiger partial charge < -0.3 is 20.1 Å². The first-order chi connectivity index (χ1) is 7.20. The molecule has 0 radical (unpaired) electrons. The molecule has 2 aliphatic rings. The van der Waals surface area contributed by atoms with Crippen LogP contribution in [0.2, 0.25) is 0 Å². The predicted octanol–water partition coefficient (Wildman–Crippen LogP) is -0.308. The lowest BCUT2D eigenvalue weighted by atomic mass is 10.0. The molecule has 2 N–H and O–H groups in total. The van der Waals surface area contributed by atoms with Crippen molar-refractivity contribution in [2.75, 3.05) is 32.9 Å². The van der Waals surface area contributed by atoms with Crippen LogP contribution in [0.4, 0.5) is 0 Å². The Bertz CT molecular complexity index is 238. The molecule has 6 heteroatoms. The molecule has 0 aromatic heterocycles. The third kappa shape index (κ3) is 3.31. The Hall–Kier alpha value is -0.360. The van der Waals surface area contributed by atoms with E-state index in [1.165, 1.54) is 0 Å². The zero-order valence-electron chi connectivity index (χ0n) is 9.45. The van der Waals surface area contributed by atoms with Crippen molar-refractivity contribution in [3.8, 4) is 0 Å².